The molecule has 3 aromatic rings. The summed E-state index contributed by atoms with van der Waals surface area (Å²) in [5.41, 5.74) is 8.60. The molecule has 0 atom stereocenters. The monoisotopic (exact) mass is 414 g/mol. The van der Waals surface area contributed by atoms with Crippen molar-refractivity contribution in [3.05, 3.63) is 51.8 Å². The highest BCUT2D eigenvalue weighted by atomic mass is 32.1. The number of esters is 1. The number of fused-ring (bicyclic) bond motifs is 1. The molecule has 0 aromatic carbocycles. The zero-order valence-electron chi connectivity index (χ0n) is 16.4. The summed E-state index contributed by atoms with van der Waals surface area (Å²) in [6, 6.07) is 5.72. The first kappa shape index (κ1) is 20.5. The number of nitrogens with zero attached hydrogens (tertiary/aromatic N) is 2. The highest BCUT2D eigenvalue weighted by Gasteiger charge is 2.25. The van der Waals surface area contributed by atoms with Crippen LogP contribution < -0.4 is 11.1 Å². The zero-order valence-corrected chi connectivity index (χ0v) is 17.3. The minimum atomic E-state index is -0.653. The molecular formula is C20H22N4O4S. The predicted octanol–water partition coefficient (Wildman–Crippen LogP) is 2.86. The van der Waals surface area contributed by atoms with Crippen LogP contribution in [0, 0.1) is 13.8 Å². The molecule has 0 bridgehead atoms. The van der Waals surface area contributed by atoms with Crippen LogP contribution in [0.1, 0.15) is 50.3 Å². The van der Waals surface area contributed by atoms with E-state index in [1.54, 1.807) is 13.8 Å². The first-order valence-corrected chi connectivity index (χ1v) is 9.97. The number of carbonyl (C=O) groups excluding carboxylic acids is 3. The van der Waals surface area contributed by atoms with Crippen LogP contribution >= 0.6 is 11.3 Å². The van der Waals surface area contributed by atoms with Crippen LogP contribution in [0.4, 0.5) is 5.00 Å². The number of rotatable bonds is 7. The summed E-state index contributed by atoms with van der Waals surface area (Å²) < 4.78 is 7.01. The molecule has 152 valence electrons. The fourth-order valence-electron chi connectivity index (χ4n) is 3.17. The predicted molar refractivity (Wildman–Crippen MR) is 110 cm³/mol. The minimum Gasteiger partial charge on any atom is -0.462 e. The first-order valence-electron chi connectivity index (χ1n) is 9.16. The molecule has 9 heteroatoms. The van der Waals surface area contributed by atoms with Crippen LogP contribution in [-0.4, -0.2) is 33.8 Å². The van der Waals surface area contributed by atoms with E-state index in [2.05, 4.69) is 10.3 Å². The van der Waals surface area contributed by atoms with Crippen molar-refractivity contribution in [3.63, 3.8) is 0 Å². The Hall–Kier alpha value is -3.20. The summed E-state index contributed by atoms with van der Waals surface area (Å²) in [4.78, 5) is 41.3. The molecule has 0 aliphatic carbocycles. The first-order chi connectivity index (χ1) is 13.8. The molecule has 0 saturated carbocycles. The maximum atomic E-state index is 12.6. The number of imidazole rings is 1. The number of hydrogen-bond donors (Lipinski definition) is 2. The highest BCUT2D eigenvalue weighted by molar-refractivity contribution is 7.18. The molecule has 0 aliphatic rings. The number of nitrogens with one attached hydrogen (secondary N) is 1. The van der Waals surface area contributed by atoms with Gasteiger partial charge in [-0.2, -0.15) is 0 Å². The summed E-state index contributed by atoms with van der Waals surface area (Å²) in [5, 5.41) is 3.01. The van der Waals surface area contributed by atoms with Crippen LogP contribution in [0.15, 0.2) is 24.4 Å². The zero-order chi connectivity index (χ0) is 21.1. The van der Waals surface area contributed by atoms with Crippen LogP contribution in [0.5, 0.6) is 0 Å². The lowest BCUT2D eigenvalue weighted by Crippen LogP contribution is -2.16. The number of primary amides is 1. The third kappa shape index (κ3) is 4.14. The van der Waals surface area contributed by atoms with Crippen molar-refractivity contribution >= 4 is 39.8 Å². The van der Waals surface area contributed by atoms with E-state index in [0.717, 1.165) is 28.4 Å². The van der Waals surface area contributed by atoms with Gasteiger partial charge in [0.1, 0.15) is 10.6 Å². The average Bonchev–Trinajstić information content (AvgIpc) is 3.16. The maximum absolute atomic E-state index is 12.6. The van der Waals surface area contributed by atoms with Gasteiger partial charge in [-0.1, -0.05) is 6.07 Å². The van der Waals surface area contributed by atoms with Gasteiger partial charge in [-0.05, 0) is 44.9 Å². The molecule has 0 saturated heterocycles. The summed E-state index contributed by atoms with van der Waals surface area (Å²) in [6.45, 7) is 5.38. The van der Waals surface area contributed by atoms with Crippen LogP contribution in [-0.2, 0) is 16.0 Å². The Kier molecular flexibility index (Phi) is 5.97. The van der Waals surface area contributed by atoms with E-state index in [-0.39, 0.29) is 34.4 Å². The number of thiophene rings is 1. The van der Waals surface area contributed by atoms with Gasteiger partial charge in [-0.3, -0.25) is 9.59 Å². The molecule has 3 heterocycles. The number of anilines is 1. The van der Waals surface area contributed by atoms with Gasteiger partial charge in [0.25, 0.3) is 5.91 Å². The molecule has 0 radical (unpaired) electrons. The molecule has 0 aliphatic heterocycles. The highest BCUT2D eigenvalue weighted by Crippen LogP contribution is 2.33. The van der Waals surface area contributed by atoms with Crippen LogP contribution in [0.25, 0.3) is 5.65 Å². The van der Waals surface area contributed by atoms with Gasteiger partial charge < -0.3 is 20.2 Å². The fraction of sp³-hybridized carbons (Fsp3) is 0.300. The Morgan fingerprint density at radius 2 is 2.03 bits per heavy atom. The van der Waals surface area contributed by atoms with Crippen molar-refractivity contribution in [3.8, 4) is 0 Å². The van der Waals surface area contributed by atoms with E-state index in [0.29, 0.717) is 12.0 Å². The molecule has 29 heavy (non-hydrogen) atoms. The molecule has 3 rings (SSSR count). The molecule has 8 nitrogen and oxygen atoms in total. The summed E-state index contributed by atoms with van der Waals surface area (Å²) >= 11 is 0.981. The van der Waals surface area contributed by atoms with Crippen molar-refractivity contribution in [2.75, 3.05) is 11.9 Å². The average molecular weight is 414 g/mol. The molecule has 0 spiro atoms. The van der Waals surface area contributed by atoms with Gasteiger partial charge in [-0.25, -0.2) is 9.78 Å². The molecule has 3 N–H and O–H groups in total. The fourth-order valence-corrected chi connectivity index (χ4v) is 4.24. The van der Waals surface area contributed by atoms with E-state index in [9.17, 15) is 14.4 Å². The quantitative estimate of drug-likeness (QED) is 0.577. The van der Waals surface area contributed by atoms with Gasteiger partial charge in [0.2, 0.25) is 5.91 Å². The lowest BCUT2D eigenvalue weighted by Gasteiger charge is -2.07. The maximum Gasteiger partial charge on any atom is 0.341 e. The number of carbonyl (C=O) groups is 3. The van der Waals surface area contributed by atoms with Gasteiger partial charge in [0.15, 0.2) is 0 Å². The summed E-state index contributed by atoms with van der Waals surface area (Å²) in [7, 11) is 0. The Balaban J connectivity index is 1.79. The Bertz CT molecular complexity index is 1100. The van der Waals surface area contributed by atoms with Crippen LogP contribution in [0.2, 0.25) is 0 Å². The van der Waals surface area contributed by atoms with E-state index >= 15 is 0 Å². The number of pyridine rings is 1. The van der Waals surface area contributed by atoms with E-state index in [4.69, 9.17) is 10.5 Å². The number of ether oxygens (including phenoxy) is 1. The SMILES string of the molecule is CCOC(=O)c1c(NC(=O)CCc2c(C)nc3ccccn23)sc(C(N)=O)c1C. The second kappa shape index (κ2) is 8.44. The van der Waals surface area contributed by atoms with Gasteiger partial charge in [-0.15, -0.1) is 11.3 Å². The topological polar surface area (TPSA) is 116 Å². The van der Waals surface area contributed by atoms with Crippen molar-refractivity contribution < 1.29 is 19.1 Å². The second-order valence-electron chi connectivity index (χ2n) is 6.47. The van der Waals surface area contributed by atoms with Crippen LogP contribution in [0.3, 0.4) is 0 Å². The third-order valence-corrected chi connectivity index (χ3v) is 5.74. The largest absolute Gasteiger partial charge is 0.462 e. The molecule has 2 amide bonds. The Morgan fingerprint density at radius 3 is 2.72 bits per heavy atom. The van der Waals surface area contributed by atoms with Crippen molar-refractivity contribution in [2.24, 2.45) is 5.73 Å². The molecule has 3 aromatic heterocycles. The number of hydrogen-bond acceptors (Lipinski definition) is 6. The number of nitrogens with two attached hydrogens (primary N) is 1. The van der Waals surface area contributed by atoms with E-state index < -0.39 is 11.9 Å². The lowest BCUT2D eigenvalue weighted by molar-refractivity contribution is -0.116. The number of amides is 2. The normalized spacial score (nSPS) is 10.9. The standard InChI is InChI=1S/C20H22N4O4S/c1-4-28-20(27)16-11(2)17(18(21)26)29-19(16)23-15(25)9-8-13-12(3)22-14-7-5-6-10-24(13)14/h5-7,10H,4,8-9H2,1-3H3,(H2,21,26)(H,23,25). The number of aromatic nitrogens is 2. The van der Waals surface area contributed by atoms with E-state index in [1.165, 1.54) is 0 Å². The minimum absolute atomic E-state index is 0.171. The van der Waals surface area contributed by atoms with Gasteiger partial charge in [0, 0.05) is 18.3 Å². The second-order valence-corrected chi connectivity index (χ2v) is 7.49. The van der Waals surface area contributed by atoms with Crippen molar-refractivity contribution in [1.29, 1.82) is 0 Å². The summed E-state index contributed by atoms with van der Waals surface area (Å²) in [6.07, 6.45) is 2.57. The Labute approximate surface area is 171 Å². The molecular weight excluding hydrogens is 392 g/mol. The van der Waals surface area contributed by atoms with Crippen molar-refractivity contribution in [1.82, 2.24) is 9.38 Å². The third-order valence-electron chi connectivity index (χ3n) is 4.52. The lowest BCUT2D eigenvalue weighted by atomic mass is 10.1. The van der Waals surface area contributed by atoms with E-state index in [1.807, 2.05) is 35.7 Å². The summed E-state index contributed by atoms with van der Waals surface area (Å²) in [5.74, 6) is -1.53. The van der Waals surface area contributed by atoms with Gasteiger partial charge >= 0.3 is 5.97 Å². The molecule has 0 fully saturated rings. The Morgan fingerprint density at radius 1 is 1.28 bits per heavy atom. The number of aryl methyl sites for hydroxylation is 2. The van der Waals surface area contributed by atoms with Crippen molar-refractivity contribution in [2.45, 2.75) is 33.6 Å². The smallest absolute Gasteiger partial charge is 0.341 e. The molecule has 0 unspecified atom stereocenters. The van der Waals surface area contributed by atoms with Gasteiger partial charge in [0.05, 0.1) is 22.7 Å².